The summed E-state index contributed by atoms with van der Waals surface area (Å²) in [4.78, 5) is 24.6. The number of benzene rings is 2. The molecule has 0 unspecified atom stereocenters. The lowest BCUT2D eigenvalue weighted by Crippen LogP contribution is -2.29. The van der Waals surface area contributed by atoms with Crippen molar-refractivity contribution in [2.45, 2.75) is 32.7 Å². The van der Waals surface area contributed by atoms with E-state index in [1.807, 2.05) is 24.3 Å². The fourth-order valence-corrected chi connectivity index (χ4v) is 2.93. The summed E-state index contributed by atoms with van der Waals surface area (Å²) < 4.78 is 20.3. The average molecular weight is 409 g/mol. The van der Waals surface area contributed by atoms with Gasteiger partial charge in [-0.1, -0.05) is 32.9 Å². The van der Waals surface area contributed by atoms with Gasteiger partial charge in [0.2, 0.25) is 5.91 Å². The molecular weight excluding hydrogens is 385 g/mol. The van der Waals surface area contributed by atoms with E-state index in [9.17, 15) is 14.0 Å². The first kappa shape index (κ1) is 21.2. The highest BCUT2D eigenvalue weighted by atomic mass is 19.1. The summed E-state index contributed by atoms with van der Waals surface area (Å²) in [5, 5.41) is 6.90. The largest absolute Gasteiger partial charge is 0.497 e. The molecule has 156 valence electrons. The van der Waals surface area contributed by atoms with Gasteiger partial charge in [0.1, 0.15) is 18.1 Å². The molecule has 0 saturated carbocycles. The third-order valence-corrected chi connectivity index (χ3v) is 4.65. The quantitative estimate of drug-likeness (QED) is 0.691. The molecular formula is C23H24FN3O3. The number of hydrogen-bond donors (Lipinski definition) is 1. The molecule has 30 heavy (non-hydrogen) atoms. The third kappa shape index (κ3) is 4.92. The van der Waals surface area contributed by atoms with E-state index in [0.29, 0.717) is 11.4 Å². The molecule has 1 N–H and O–H groups in total. The molecule has 0 spiro atoms. The third-order valence-electron chi connectivity index (χ3n) is 4.65. The number of methoxy groups -OCH3 is 1. The zero-order valence-electron chi connectivity index (χ0n) is 17.4. The van der Waals surface area contributed by atoms with Crippen LogP contribution in [-0.2, 0) is 16.8 Å². The molecule has 0 fully saturated rings. The number of carbonyl (C=O) groups is 1. The maximum Gasteiger partial charge on any atom is 0.267 e. The number of nitrogens with one attached hydrogen (secondary N) is 1. The molecule has 1 amide bonds. The van der Waals surface area contributed by atoms with Crippen LogP contribution in [-0.4, -0.2) is 22.8 Å². The summed E-state index contributed by atoms with van der Waals surface area (Å²) in [6, 6.07) is 14.6. The highest BCUT2D eigenvalue weighted by Gasteiger charge is 2.14. The van der Waals surface area contributed by atoms with Crippen LogP contribution in [0.15, 0.2) is 59.4 Å². The van der Waals surface area contributed by atoms with Crippen LogP contribution in [0.25, 0.3) is 11.3 Å². The van der Waals surface area contributed by atoms with Gasteiger partial charge in [-0.25, -0.2) is 9.07 Å². The second kappa shape index (κ2) is 8.49. The molecule has 2 aromatic carbocycles. The Morgan fingerprint density at radius 3 is 2.40 bits per heavy atom. The van der Waals surface area contributed by atoms with Crippen LogP contribution < -0.4 is 15.6 Å². The minimum Gasteiger partial charge on any atom is -0.497 e. The number of anilines is 1. The second-order valence-electron chi connectivity index (χ2n) is 7.94. The number of carbonyl (C=O) groups excluding carboxylic acids is 1. The molecule has 0 bridgehead atoms. The lowest BCUT2D eigenvalue weighted by molar-refractivity contribution is -0.117. The Hall–Kier alpha value is -3.48. The number of hydrogen-bond acceptors (Lipinski definition) is 4. The first-order chi connectivity index (χ1) is 14.2. The minimum atomic E-state index is -0.532. The van der Waals surface area contributed by atoms with E-state index < -0.39 is 17.3 Å². The lowest BCUT2D eigenvalue weighted by Gasteiger charge is -2.19. The van der Waals surface area contributed by atoms with Gasteiger partial charge >= 0.3 is 0 Å². The highest BCUT2D eigenvalue weighted by Crippen LogP contribution is 2.25. The van der Waals surface area contributed by atoms with Crippen LogP contribution >= 0.6 is 0 Å². The van der Waals surface area contributed by atoms with E-state index in [4.69, 9.17) is 4.74 Å². The molecule has 7 heteroatoms. The molecule has 0 radical (unpaired) electrons. The van der Waals surface area contributed by atoms with Crippen LogP contribution in [0.4, 0.5) is 10.1 Å². The van der Waals surface area contributed by atoms with Gasteiger partial charge in [-0.15, -0.1) is 0 Å². The number of halogens is 1. The van der Waals surface area contributed by atoms with Crippen molar-refractivity contribution in [3.8, 4) is 17.0 Å². The highest BCUT2D eigenvalue weighted by molar-refractivity contribution is 5.90. The van der Waals surface area contributed by atoms with E-state index in [1.165, 1.54) is 31.4 Å². The van der Waals surface area contributed by atoms with E-state index in [0.717, 1.165) is 10.2 Å². The first-order valence-electron chi connectivity index (χ1n) is 9.50. The Bertz CT molecular complexity index is 1120. The van der Waals surface area contributed by atoms with Crippen LogP contribution in [0.2, 0.25) is 0 Å². The van der Waals surface area contributed by atoms with E-state index in [2.05, 4.69) is 31.2 Å². The van der Waals surface area contributed by atoms with Gasteiger partial charge in [0.15, 0.2) is 0 Å². The van der Waals surface area contributed by atoms with Crippen LogP contribution in [0.3, 0.4) is 0 Å². The lowest BCUT2D eigenvalue weighted by atomic mass is 9.87. The number of nitrogens with zero attached hydrogens (tertiary/aromatic N) is 2. The van der Waals surface area contributed by atoms with Crippen molar-refractivity contribution in [2.24, 2.45) is 0 Å². The first-order valence-corrected chi connectivity index (χ1v) is 9.50. The summed E-state index contributed by atoms with van der Waals surface area (Å²) in [5.41, 5.74) is 1.79. The molecule has 0 aliphatic carbocycles. The summed E-state index contributed by atoms with van der Waals surface area (Å²) in [6.45, 7) is 6.04. The number of rotatable bonds is 5. The zero-order valence-corrected chi connectivity index (χ0v) is 17.4. The molecule has 0 atom stereocenters. The average Bonchev–Trinajstić information content (AvgIpc) is 2.69. The zero-order chi connectivity index (χ0) is 21.9. The maximum atomic E-state index is 14.3. The summed E-state index contributed by atoms with van der Waals surface area (Å²) in [5.74, 6) is -0.558. The van der Waals surface area contributed by atoms with Gasteiger partial charge in [-0.2, -0.15) is 5.10 Å². The summed E-state index contributed by atoms with van der Waals surface area (Å²) >= 11 is 0. The minimum absolute atomic E-state index is 0.0109. The van der Waals surface area contributed by atoms with Crippen LogP contribution in [0.1, 0.15) is 26.3 Å². The molecule has 1 aromatic heterocycles. The van der Waals surface area contributed by atoms with Gasteiger partial charge in [-0.05, 0) is 41.3 Å². The number of amides is 1. The van der Waals surface area contributed by atoms with Crippen molar-refractivity contribution < 1.29 is 13.9 Å². The van der Waals surface area contributed by atoms with Gasteiger partial charge in [0, 0.05) is 23.4 Å². The van der Waals surface area contributed by atoms with Crippen molar-refractivity contribution in [2.75, 3.05) is 12.4 Å². The Kier molecular flexibility index (Phi) is 6.01. The fraction of sp³-hybridized carbons (Fsp3) is 0.261. The molecule has 0 saturated heterocycles. The predicted octanol–water partition coefficient (Wildman–Crippen LogP) is 3.99. The predicted molar refractivity (Wildman–Crippen MR) is 114 cm³/mol. The van der Waals surface area contributed by atoms with Gasteiger partial charge in [0.05, 0.1) is 12.8 Å². The normalized spacial score (nSPS) is 11.2. The van der Waals surface area contributed by atoms with Crippen LogP contribution in [0.5, 0.6) is 5.75 Å². The van der Waals surface area contributed by atoms with Crippen molar-refractivity contribution in [3.63, 3.8) is 0 Å². The Morgan fingerprint density at radius 1 is 1.10 bits per heavy atom. The molecule has 3 aromatic rings. The molecule has 1 heterocycles. The Labute approximate surface area is 174 Å². The number of ether oxygens (including phenoxy) is 1. The van der Waals surface area contributed by atoms with Crippen molar-refractivity contribution in [1.29, 1.82) is 0 Å². The standard InChI is InChI=1S/C23H24FN3O3/c1-23(2,3)15-5-7-16(8-6-15)25-21(28)14-27-22(29)12-11-20(26-27)18-10-9-17(30-4)13-19(18)24/h5-13H,14H2,1-4H3,(H,25,28). The molecule has 6 nitrogen and oxygen atoms in total. The molecule has 3 rings (SSSR count). The van der Waals surface area contributed by atoms with E-state index in [1.54, 1.807) is 6.07 Å². The van der Waals surface area contributed by atoms with Crippen molar-refractivity contribution in [1.82, 2.24) is 9.78 Å². The number of aromatic nitrogens is 2. The Morgan fingerprint density at radius 2 is 1.80 bits per heavy atom. The van der Waals surface area contributed by atoms with Gasteiger partial charge in [0.25, 0.3) is 5.56 Å². The van der Waals surface area contributed by atoms with E-state index >= 15 is 0 Å². The summed E-state index contributed by atoms with van der Waals surface area (Å²) in [6.07, 6.45) is 0. The monoisotopic (exact) mass is 409 g/mol. The fourth-order valence-electron chi connectivity index (χ4n) is 2.93. The van der Waals surface area contributed by atoms with E-state index in [-0.39, 0.29) is 23.2 Å². The summed E-state index contributed by atoms with van der Waals surface area (Å²) in [7, 11) is 1.45. The molecule has 0 aliphatic rings. The van der Waals surface area contributed by atoms with Crippen molar-refractivity contribution in [3.05, 3.63) is 76.3 Å². The van der Waals surface area contributed by atoms with Crippen molar-refractivity contribution >= 4 is 11.6 Å². The second-order valence-corrected chi connectivity index (χ2v) is 7.94. The SMILES string of the molecule is COc1ccc(-c2ccc(=O)n(CC(=O)Nc3ccc(C(C)(C)C)cc3)n2)c(F)c1. The smallest absolute Gasteiger partial charge is 0.267 e. The maximum absolute atomic E-state index is 14.3. The van der Waals surface area contributed by atoms with Crippen LogP contribution in [0, 0.1) is 5.82 Å². The van der Waals surface area contributed by atoms with Gasteiger partial charge in [-0.3, -0.25) is 9.59 Å². The Balaban J connectivity index is 1.77. The topological polar surface area (TPSA) is 73.2 Å². The van der Waals surface area contributed by atoms with Gasteiger partial charge < -0.3 is 10.1 Å². The molecule has 0 aliphatic heterocycles.